The van der Waals surface area contributed by atoms with Gasteiger partial charge in [-0.05, 0) is 24.9 Å². The minimum absolute atomic E-state index is 0.112. The lowest BCUT2D eigenvalue weighted by atomic mass is 9.88. The first-order chi connectivity index (χ1) is 9.67. The first-order valence-electron chi connectivity index (χ1n) is 7.09. The summed E-state index contributed by atoms with van der Waals surface area (Å²) in [5.41, 5.74) is 0.182. The summed E-state index contributed by atoms with van der Waals surface area (Å²) in [7, 11) is 0. The van der Waals surface area contributed by atoms with E-state index >= 15 is 0 Å². The molecule has 2 fully saturated rings. The Bertz CT molecular complexity index is 479. The topological polar surface area (TPSA) is 61.8 Å². The predicted octanol–water partition coefficient (Wildman–Crippen LogP) is 1.12. The number of nitrogens with one attached hydrogen (secondary N) is 1. The van der Waals surface area contributed by atoms with Crippen molar-refractivity contribution in [2.24, 2.45) is 0 Å². The number of likely N-dealkylation sites (tertiary alicyclic amines) is 1. The van der Waals surface area contributed by atoms with Crippen molar-refractivity contribution >= 4 is 6.09 Å². The van der Waals surface area contributed by atoms with Crippen LogP contribution in [0.15, 0.2) is 30.3 Å². The number of ether oxygens (including phenoxy) is 1. The van der Waals surface area contributed by atoms with Gasteiger partial charge in [0, 0.05) is 12.6 Å². The molecule has 2 atom stereocenters. The van der Waals surface area contributed by atoms with E-state index in [0.717, 1.165) is 18.5 Å². The average Bonchev–Trinajstić information content (AvgIpc) is 2.86. The molecule has 1 aromatic rings. The lowest BCUT2D eigenvalue weighted by molar-refractivity contribution is -0.0345. The number of β-amino-alcohol motifs (C(OH)–C–C–N with tert-alkyl or cyclic N) is 1. The molecular weight excluding hydrogens is 256 g/mol. The lowest BCUT2D eigenvalue weighted by Crippen LogP contribution is -2.58. The summed E-state index contributed by atoms with van der Waals surface area (Å²) in [4.78, 5) is 13.7. The van der Waals surface area contributed by atoms with Crippen LogP contribution in [0.4, 0.5) is 4.79 Å². The van der Waals surface area contributed by atoms with Crippen molar-refractivity contribution in [2.45, 2.75) is 31.1 Å². The van der Waals surface area contributed by atoms with Crippen molar-refractivity contribution in [1.82, 2.24) is 10.2 Å². The molecule has 2 aliphatic rings. The zero-order valence-electron chi connectivity index (χ0n) is 11.4. The normalized spacial score (nSPS) is 29.1. The maximum absolute atomic E-state index is 12.1. The number of piperidine rings is 1. The third-order valence-electron chi connectivity index (χ3n) is 4.21. The van der Waals surface area contributed by atoms with Crippen LogP contribution < -0.4 is 5.32 Å². The van der Waals surface area contributed by atoms with Crippen LogP contribution in [0.5, 0.6) is 0 Å². The zero-order chi connectivity index (χ0) is 14.0. The fourth-order valence-electron chi connectivity index (χ4n) is 3.05. The molecule has 20 heavy (non-hydrogen) atoms. The van der Waals surface area contributed by atoms with Crippen molar-refractivity contribution in [1.29, 1.82) is 0 Å². The number of amides is 1. The van der Waals surface area contributed by atoms with Crippen molar-refractivity contribution < 1.29 is 14.6 Å². The van der Waals surface area contributed by atoms with Gasteiger partial charge in [0.25, 0.3) is 0 Å². The Labute approximate surface area is 118 Å². The van der Waals surface area contributed by atoms with Gasteiger partial charge in [-0.2, -0.15) is 0 Å². The Kier molecular flexibility index (Phi) is 3.63. The highest BCUT2D eigenvalue weighted by Gasteiger charge is 2.46. The molecule has 0 radical (unpaired) electrons. The van der Waals surface area contributed by atoms with Gasteiger partial charge in [-0.15, -0.1) is 0 Å². The number of aliphatic hydroxyl groups is 1. The SMILES string of the molecule is O=C(OCc1ccccc1)N1CC[C@@H]2NCC[C@]2(O)C1. The van der Waals surface area contributed by atoms with E-state index in [1.165, 1.54) is 0 Å². The predicted molar refractivity (Wildman–Crippen MR) is 74.2 cm³/mol. The van der Waals surface area contributed by atoms with E-state index in [1.54, 1.807) is 4.90 Å². The van der Waals surface area contributed by atoms with Gasteiger partial charge >= 0.3 is 6.09 Å². The van der Waals surface area contributed by atoms with Crippen LogP contribution in [0, 0.1) is 0 Å². The highest BCUT2D eigenvalue weighted by molar-refractivity contribution is 5.68. The zero-order valence-corrected chi connectivity index (χ0v) is 11.4. The molecular formula is C15H20N2O3. The summed E-state index contributed by atoms with van der Waals surface area (Å²) in [6, 6.07) is 9.73. The monoisotopic (exact) mass is 276 g/mol. The second-order valence-electron chi connectivity index (χ2n) is 5.61. The van der Waals surface area contributed by atoms with E-state index in [9.17, 15) is 9.90 Å². The van der Waals surface area contributed by atoms with Crippen molar-refractivity contribution in [3.8, 4) is 0 Å². The van der Waals surface area contributed by atoms with Crippen LogP contribution in [-0.2, 0) is 11.3 Å². The van der Waals surface area contributed by atoms with Crippen LogP contribution in [0.3, 0.4) is 0 Å². The smallest absolute Gasteiger partial charge is 0.410 e. The number of fused-ring (bicyclic) bond motifs is 1. The first-order valence-corrected chi connectivity index (χ1v) is 7.09. The fourth-order valence-corrected chi connectivity index (χ4v) is 3.05. The molecule has 2 saturated heterocycles. The van der Waals surface area contributed by atoms with Gasteiger partial charge in [-0.3, -0.25) is 0 Å². The van der Waals surface area contributed by atoms with Gasteiger partial charge in [-0.1, -0.05) is 30.3 Å². The minimum Gasteiger partial charge on any atom is -0.445 e. The molecule has 0 aliphatic carbocycles. The molecule has 108 valence electrons. The Balaban J connectivity index is 1.55. The van der Waals surface area contributed by atoms with Gasteiger partial charge in [0.1, 0.15) is 6.61 Å². The molecule has 0 unspecified atom stereocenters. The van der Waals surface area contributed by atoms with Crippen LogP contribution >= 0.6 is 0 Å². The number of rotatable bonds is 2. The molecule has 0 aromatic heterocycles. The van der Waals surface area contributed by atoms with Crippen LogP contribution in [0.2, 0.25) is 0 Å². The second-order valence-corrected chi connectivity index (χ2v) is 5.61. The summed E-state index contributed by atoms with van der Waals surface area (Å²) in [6.07, 6.45) is 1.13. The number of carbonyl (C=O) groups is 1. The summed E-state index contributed by atoms with van der Waals surface area (Å²) in [6.45, 7) is 2.08. The van der Waals surface area contributed by atoms with Gasteiger partial charge in [-0.25, -0.2) is 4.79 Å². The lowest BCUT2D eigenvalue weighted by Gasteiger charge is -2.40. The number of nitrogens with zero attached hydrogens (tertiary/aromatic N) is 1. The van der Waals surface area contributed by atoms with E-state index in [-0.39, 0.29) is 18.7 Å². The van der Waals surface area contributed by atoms with Crippen molar-refractivity contribution in [3.05, 3.63) is 35.9 Å². The first kappa shape index (κ1) is 13.4. The second kappa shape index (κ2) is 5.42. The maximum atomic E-state index is 12.1. The van der Waals surface area contributed by atoms with E-state index in [0.29, 0.717) is 19.5 Å². The Morgan fingerprint density at radius 1 is 1.45 bits per heavy atom. The maximum Gasteiger partial charge on any atom is 0.410 e. The third-order valence-corrected chi connectivity index (χ3v) is 4.21. The molecule has 1 aromatic carbocycles. The summed E-state index contributed by atoms with van der Waals surface area (Å²) < 4.78 is 5.32. The highest BCUT2D eigenvalue weighted by Crippen LogP contribution is 2.29. The highest BCUT2D eigenvalue weighted by atomic mass is 16.6. The quantitative estimate of drug-likeness (QED) is 0.850. The Hall–Kier alpha value is -1.59. The van der Waals surface area contributed by atoms with E-state index in [4.69, 9.17) is 4.74 Å². The summed E-state index contributed by atoms with van der Waals surface area (Å²) in [5, 5.41) is 13.8. The van der Waals surface area contributed by atoms with Crippen LogP contribution in [0.1, 0.15) is 18.4 Å². The van der Waals surface area contributed by atoms with E-state index in [2.05, 4.69) is 5.32 Å². The van der Waals surface area contributed by atoms with Gasteiger partial charge in [0.05, 0.1) is 12.1 Å². The number of hydrogen-bond acceptors (Lipinski definition) is 4. The minimum atomic E-state index is -0.788. The molecule has 2 heterocycles. The third kappa shape index (κ3) is 2.64. The van der Waals surface area contributed by atoms with E-state index in [1.807, 2.05) is 30.3 Å². The number of benzene rings is 1. The molecule has 2 N–H and O–H groups in total. The average molecular weight is 276 g/mol. The molecule has 3 rings (SSSR count). The van der Waals surface area contributed by atoms with Gasteiger partial charge in [0.2, 0.25) is 0 Å². The van der Waals surface area contributed by atoms with E-state index < -0.39 is 5.60 Å². The van der Waals surface area contributed by atoms with Crippen molar-refractivity contribution in [3.63, 3.8) is 0 Å². The molecule has 1 amide bonds. The van der Waals surface area contributed by atoms with Crippen LogP contribution in [0.25, 0.3) is 0 Å². The summed E-state index contributed by atoms with van der Waals surface area (Å²) >= 11 is 0. The number of hydrogen-bond donors (Lipinski definition) is 2. The number of carbonyl (C=O) groups excluding carboxylic acids is 1. The summed E-state index contributed by atoms with van der Waals surface area (Å²) in [5.74, 6) is 0. The molecule has 5 nitrogen and oxygen atoms in total. The van der Waals surface area contributed by atoms with Crippen molar-refractivity contribution in [2.75, 3.05) is 19.6 Å². The molecule has 5 heteroatoms. The molecule has 2 aliphatic heterocycles. The standard InChI is InChI=1S/C15H20N2O3/c18-14(20-10-12-4-2-1-3-5-12)17-9-6-13-15(19,11-17)7-8-16-13/h1-5,13,16,19H,6-11H2/t13-,15-/m0/s1. The molecule has 0 spiro atoms. The molecule has 0 saturated carbocycles. The molecule has 0 bridgehead atoms. The Morgan fingerprint density at radius 3 is 3.05 bits per heavy atom. The largest absolute Gasteiger partial charge is 0.445 e. The Morgan fingerprint density at radius 2 is 2.25 bits per heavy atom. The fraction of sp³-hybridized carbons (Fsp3) is 0.533. The van der Waals surface area contributed by atoms with Crippen LogP contribution in [-0.4, -0.2) is 47.4 Å². The van der Waals surface area contributed by atoms with Gasteiger partial charge in [0.15, 0.2) is 0 Å². The van der Waals surface area contributed by atoms with Gasteiger partial charge < -0.3 is 20.1 Å².